The number of nitrogens with zero attached hydrogens (tertiary/aromatic N) is 4. The number of carbonyl (C=O) groups excluding carboxylic acids is 2. The topological polar surface area (TPSA) is 56.3 Å². The predicted octanol–water partition coefficient (Wildman–Crippen LogP) is 0.442. The van der Waals surface area contributed by atoms with Crippen LogP contribution in [0.3, 0.4) is 0 Å². The molecule has 3 heterocycles. The molecule has 0 saturated carbocycles. The molecule has 28 heavy (non-hydrogen) atoms. The van der Waals surface area contributed by atoms with E-state index < -0.39 is 0 Å². The number of fused-ring (bicyclic) bond motifs is 1. The minimum absolute atomic E-state index is 0.167. The summed E-state index contributed by atoms with van der Waals surface area (Å²) in [5.41, 5.74) is 2.33. The molecule has 3 aliphatic heterocycles. The Hall–Kier alpha value is -1.96. The summed E-state index contributed by atoms with van der Waals surface area (Å²) in [5.74, 6) is 0.359. The summed E-state index contributed by atoms with van der Waals surface area (Å²) < 4.78 is 5.34. The summed E-state index contributed by atoms with van der Waals surface area (Å²) in [6.45, 7) is 7.72. The van der Waals surface area contributed by atoms with Crippen LogP contribution in [0, 0.1) is 0 Å². The van der Waals surface area contributed by atoms with Gasteiger partial charge in [0.05, 0.1) is 26.3 Å². The van der Waals surface area contributed by atoms with Gasteiger partial charge in [-0.1, -0.05) is 18.2 Å². The maximum absolute atomic E-state index is 12.9. The first kappa shape index (κ1) is 19.4. The number of piperazine rings is 1. The summed E-state index contributed by atoms with van der Waals surface area (Å²) in [4.78, 5) is 33.6. The lowest BCUT2D eigenvalue weighted by Crippen LogP contribution is -2.54. The zero-order chi connectivity index (χ0) is 19.3. The lowest BCUT2D eigenvalue weighted by atomic mass is 10.0. The van der Waals surface area contributed by atoms with Crippen molar-refractivity contribution in [1.29, 1.82) is 0 Å². The van der Waals surface area contributed by atoms with E-state index in [0.717, 1.165) is 51.3 Å². The molecule has 2 amide bonds. The smallest absolute Gasteiger partial charge is 0.241 e. The average molecular weight is 386 g/mol. The maximum Gasteiger partial charge on any atom is 0.241 e. The van der Waals surface area contributed by atoms with Gasteiger partial charge in [0.25, 0.3) is 0 Å². The molecule has 0 aromatic heterocycles. The Morgan fingerprint density at radius 1 is 0.821 bits per heavy atom. The fraction of sp³-hybridized carbons (Fsp3) is 0.619. The van der Waals surface area contributed by atoms with Crippen LogP contribution in [0.25, 0.3) is 0 Å². The van der Waals surface area contributed by atoms with Gasteiger partial charge in [0.1, 0.15) is 0 Å². The number of amides is 2. The third-order valence-corrected chi connectivity index (χ3v) is 5.96. The van der Waals surface area contributed by atoms with Gasteiger partial charge >= 0.3 is 0 Å². The van der Waals surface area contributed by atoms with E-state index in [0.29, 0.717) is 39.4 Å². The molecule has 0 aliphatic carbocycles. The van der Waals surface area contributed by atoms with Gasteiger partial charge in [-0.2, -0.15) is 0 Å². The van der Waals surface area contributed by atoms with Gasteiger partial charge < -0.3 is 14.5 Å². The molecular weight excluding hydrogens is 356 g/mol. The monoisotopic (exact) mass is 386 g/mol. The van der Waals surface area contributed by atoms with Crippen molar-refractivity contribution in [2.75, 3.05) is 77.0 Å². The first-order valence-corrected chi connectivity index (χ1v) is 10.4. The Morgan fingerprint density at radius 2 is 1.50 bits per heavy atom. The van der Waals surface area contributed by atoms with Gasteiger partial charge in [0, 0.05) is 51.5 Å². The second kappa shape index (κ2) is 9.03. The van der Waals surface area contributed by atoms with Crippen LogP contribution in [0.15, 0.2) is 24.3 Å². The summed E-state index contributed by atoms with van der Waals surface area (Å²) in [7, 11) is 0. The van der Waals surface area contributed by atoms with E-state index >= 15 is 0 Å². The van der Waals surface area contributed by atoms with Gasteiger partial charge in [-0.15, -0.1) is 0 Å². The highest BCUT2D eigenvalue weighted by molar-refractivity contribution is 5.96. The highest BCUT2D eigenvalue weighted by Crippen LogP contribution is 2.26. The van der Waals surface area contributed by atoms with Crippen molar-refractivity contribution in [3.05, 3.63) is 29.8 Å². The normalized spacial score (nSPS) is 21.4. The number of aryl methyl sites for hydroxylation is 1. The van der Waals surface area contributed by atoms with Crippen LogP contribution in [-0.2, 0) is 20.7 Å². The molecule has 0 bridgehead atoms. The van der Waals surface area contributed by atoms with Crippen molar-refractivity contribution in [2.24, 2.45) is 0 Å². The predicted molar refractivity (Wildman–Crippen MR) is 107 cm³/mol. The minimum Gasteiger partial charge on any atom is -0.379 e. The van der Waals surface area contributed by atoms with Crippen LogP contribution in [-0.4, -0.2) is 98.6 Å². The molecule has 0 N–H and O–H groups in total. The molecule has 0 spiro atoms. The summed E-state index contributed by atoms with van der Waals surface area (Å²) >= 11 is 0. The summed E-state index contributed by atoms with van der Waals surface area (Å²) in [6.07, 6.45) is 2.07. The second-order valence-corrected chi connectivity index (χ2v) is 7.82. The fourth-order valence-corrected chi connectivity index (χ4v) is 4.28. The lowest BCUT2D eigenvalue weighted by Gasteiger charge is -2.37. The van der Waals surface area contributed by atoms with Crippen LogP contribution in [0.2, 0.25) is 0 Å². The van der Waals surface area contributed by atoms with Crippen LogP contribution < -0.4 is 4.90 Å². The largest absolute Gasteiger partial charge is 0.379 e. The van der Waals surface area contributed by atoms with Gasteiger partial charge in [-0.3, -0.25) is 19.4 Å². The lowest BCUT2D eigenvalue weighted by molar-refractivity contribution is -0.135. The van der Waals surface area contributed by atoms with E-state index in [1.807, 2.05) is 21.9 Å². The van der Waals surface area contributed by atoms with Crippen molar-refractivity contribution < 1.29 is 14.3 Å². The standard InChI is InChI=1S/C21H30N4O3/c26-20(16-23-12-14-28-15-13-23)24-10-8-22(9-11-24)17-21(27)25-7-3-5-18-4-1-2-6-19(18)25/h1-2,4,6H,3,5,7-17H2. The molecular formula is C21H30N4O3. The minimum atomic E-state index is 0.167. The number of rotatable bonds is 4. The van der Waals surface area contributed by atoms with E-state index in [2.05, 4.69) is 21.9 Å². The van der Waals surface area contributed by atoms with Crippen molar-refractivity contribution >= 4 is 17.5 Å². The van der Waals surface area contributed by atoms with Gasteiger partial charge in [0.2, 0.25) is 11.8 Å². The Morgan fingerprint density at radius 3 is 2.29 bits per heavy atom. The fourth-order valence-electron chi connectivity index (χ4n) is 4.28. The number of morpholine rings is 1. The zero-order valence-electron chi connectivity index (χ0n) is 16.5. The molecule has 2 saturated heterocycles. The number of para-hydroxylation sites is 1. The molecule has 0 unspecified atom stereocenters. The number of ether oxygens (including phenoxy) is 1. The Bertz CT molecular complexity index is 697. The number of hydrogen-bond acceptors (Lipinski definition) is 5. The number of benzene rings is 1. The molecule has 152 valence electrons. The SMILES string of the molecule is O=C(CN1CCOCC1)N1CCN(CC(=O)N2CCCc3ccccc32)CC1. The molecule has 7 heteroatoms. The van der Waals surface area contributed by atoms with Crippen LogP contribution in [0.4, 0.5) is 5.69 Å². The van der Waals surface area contributed by atoms with Gasteiger partial charge in [-0.05, 0) is 24.5 Å². The summed E-state index contributed by atoms with van der Waals surface area (Å²) in [6, 6.07) is 8.21. The highest BCUT2D eigenvalue weighted by atomic mass is 16.5. The Kier molecular flexibility index (Phi) is 6.24. The molecule has 3 aliphatic rings. The molecule has 0 atom stereocenters. The zero-order valence-corrected chi connectivity index (χ0v) is 16.5. The van der Waals surface area contributed by atoms with E-state index in [-0.39, 0.29) is 11.8 Å². The molecule has 4 rings (SSSR count). The first-order valence-electron chi connectivity index (χ1n) is 10.4. The van der Waals surface area contributed by atoms with Crippen LogP contribution in [0.1, 0.15) is 12.0 Å². The quantitative estimate of drug-likeness (QED) is 0.752. The first-order chi connectivity index (χ1) is 13.7. The third-order valence-electron chi connectivity index (χ3n) is 5.96. The van der Waals surface area contributed by atoms with E-state index in [4.69, 9.17) is 4.74 Å². The highest BCUT2D eigenvalue weighted by Gasteiger charge is 2.27. The summed E-state index contributed by atoms with van der Waals surface area (Å²) in [5, 5.41) is 0. The Balaban J connectivity index is 1.25. The molecule has 0 radical (unpaired) electrons. The van der Waals surface area contributed by atoms with E-state index in [1.54, 1.807) is 0 Å². The van der Waals surface area contributed by atoms with E-state index in [1.165, 1.54) is 5.56 Å². The molecule has 1 aromatic rings. The average Bonchev–Trinajstić information content (AvgIpc) is 2.74. The van der Waals surface area contributed by atoms with E-state index in [9.17, 15) is 9.59 Å². The van der Waals surface area contributed by atoms with Crippen molar-refractivity contribution in [3.8, 4) is 0 Å². The van der Waals surface area contributed by atoms with Gasteiger partial charge in [0.15, 0.2) is 0 Å². The number of carbonyl (C=O) groups is 2. The van der Waals surface area contributed by atoms with Crippen molar-refractivity contribution in [1.82, 2.24) is 14.7 Å². The Labute approximate surface area is 166 Å². The molecule has 7 nitrogen and oxygen atoms in total. The van der Waals surface area contributed by atoms with Gasteiger partial charge in [-0.25, -0.2) is 0 Å². The van der Waals surface area contributed by atoms with Crippen molar-refractivity contribution in [3.63, 3.8) is 0 Å². The maximum atomic E-state index is 12.9. The number of hydrogen-bond donors (Lipinski definition) is 0. The number of anilines is 1. The van der Waals surface area contributed by atoms with Crippen LogP contribution >= 0.6 is 0 Å². The second-order valence-electron chi connectivity index (χ2n) is 7.82. The van der Waals surface area contributed by atoms with Crippen molar-refractivity contribution in [2.45, 2.75) is 12.8 Å². The molecule has 2 fully saturated rings. The van der Waals surface area contributed by atoms with Crippen LogP contribution in [0.5, 0.6) is 0 Å². The third kappa shape index (κ3) is 4.54. The molecule has 1 aromatic carbocycles.